The van der Waals surface area contributed by atoms with Crippen LogP contribution in [0.25, 0.3) is 0 Å². The van der Waals surface area contributed by atoms with Crippen molar-refractivity contribution >= 4 is 33.7 Å². The Bertz CT molecular complexity index is 777. The molecule has 0 saturated carbocycles. The Labute approximate surface area is 165 Å². The molecule has 0 aliphatic carbocycles. The van der Waals surface area contributed by atoms with Crippen molar-refractivity contribution in [1.29, 1.82) is 0 Å². The minimum absolute atomic E-state index is 0.0727. The number of hydrogen-bond acceptors (Lipinski definition) is 5. The molecule has 0 N–H and O–H groups in total. The Morgan fingerprint density at radius 2 is 1.85 bits per heavy atom. The molecule has 3 aliphatic rings. The number of halogens is 1. The lowest BCUT2D eigenvalue weighted by Gasteiger charge is -2.38. The van der Waals surface area contributed by atoms with Gasteiger partial charge in [-0.1, -0.05) is 15.9 Å². The van der Waals surface area contributed by atoms with E-state index >= 15 is 0 Å². The minimum Gasteiger partial charge on any atom is -0.348 e. The molecule has 1 aromatic carbocycles. The molecular formula is C19H21BrN2O5. The standard InChI is InChI=1S/C19H21BrN2O5/c20-12-4-5-13-14(11-12)18(25)22(17(13)24)8-6-16(23)21-7-2-1-3-15(21)19-26-9-10-27-19/h4-5,11,15,19H,1-3,6-10H2. The van der Waals surface area contributed by atoms with Crippen molar-refractivity contribution in [3.63, 3.8) is 0 Å². The quantitative estimate of drug-likeness (QED) is 0.676. The van der Waals surface area contributed by atoms with Gasteiger partial charge in [-0.25, -0.2) is 0 Å². The molecule has 2 saturated heterocycles. The first-order valence-electron chi connectivity index (χ1n) is 9.24. The molecule has 4 rings (SSSR count). The number of fused-ring (bicyclic) bond motifs is 1. The van der Waals surface area contributed by atoms with Crippen LogP contribution in [-0.2, 0) is 14.3 Å². The Balaban J connectivity index is 1.41. The number of amides is 3. The van der Waals surface area contributed by atoms with Crippen molar-refractivity contribution in [1.82, 2.24) is 9.80 Å². The smallest absolute Gasteiger partial charge is 0.261 e. The predicted molar refractivity (Wildman–Crippen MR) is 99.2 cm³/mol. The normalized spacial score (nSPS) is 23.2. The number of carbonyl (C=O) groups excluding carboxylic acids is 3. The second kappa shape index (κ2) is 7.69. The van der Waals surface area contributed by atoms with Gasteiger partial charge < -0.3 is 14.4 Å². The number of carbonyl (C=O) groups is 3. The van der Waals surface area contributed by atoms with Crippen LogP contribution < -0.4 is 0 Å². The zero-order chi connectivity index (χ0) is 19.0. The first-order valence-corrected chi connectivity index (χ1v) is 10.0. The molecule has 3 amide bonds. The van der Waals surface area contributed by atoms with Crippen LogP contribution >= 0.6 is 15.9 Å². The van der Waals surface area contributed by atoms with Gasteiger partial charge in [-0.05, 0) is 37.5 Å². The van der Waals surface area contributed by atoms with Gasteiger partial charge in [-0.2, -0.15) is 0 Å². The molecule has 0 radical (unpaired) electrons. The van der Waals surface area contributed by atoms with Crippen molar-refractivity contribution in [2.24, 2.45) is 0 Å². The molecule has 3 aliphatic heterocycles. The van der Waals surface area contributed by atoms with Crippen molar-refractivity contribution < 1.29 is 23.9 Å². The molecule has 0 spiro atoms. The third-order valence-electron chi connectivity index (χ3n) is 5.31. The van der Waals surface area contributed by atoms with Gasteiger partial charge in [0.15, 0.2) is 6.29 Å². The number of benzene rings is 1. The van der Waals surface area contributed by atoms with Gasteiger partial charge in [0.1, 0.15) is 0 Å². The maximum atomic E-state index is 12.8. The number of rotatable bonds is 4. The van der Waals surface area contributed by atoms with E-state index in [1.54, 1.807) is 23.1 Å². The fourth-order valence-corrected chi connectivity index (χ4v) is 4.33. The average Bonchev–Trinajstić information content (AvgIpc) is 3.28. The maximum Gasteiger partial charge on any atom is 0.261 e. The van der Waals surface area contributed by atoms with Crippen LogP contribution in [0.1, 0.15) is 46.4 Å². The van der Waals surface area contributed by atoms with E-state index in [9.17, 15) is 14.4 Å². The summed E-state index contributed by atoms with van der Waals surface area (Å²) in [6.45, 7) is 1.84. The topological polar surface area (TPSA) is 76.2 Å². The SMILES string of the molecule is O=C1c2ccc(Br)cc2C(=O)N1CCC(=O)N1CCCCC1C1OCCO1. The fraction of sp³-hybridized carbons (Fsp3) is 0.526. The molecule has 0 bridgehead atoms. The van der Waals surface area contributed by atoms with Gasteiger partial charge in [0.2, 0.25) is 5.91 Å². The van der Waals surface area contributed by atoms with Gasteiger partial charge in [-0.15, -0.1) is 0 Å². The van der Waals surface area contributed by atoms with Crippen LogP contribution in [0.2, 0.25) is 0 Å². The summed E-state index contributed by atoms with van der Waals surface area (Å²) in [5.74, 6) is -0.758. The van der Waals surface area contributed by atoms with Gasteiger partial charge in [-0.3, -0.25) is 19.3 Å². The predicted octanol–water partition coefficient (Wildman–Crippen LogP) is 2.19. The van der Waals surface area contributed by atoms with E-state index in [4.69, 9.17) is 9.47 Å². The van der Waals surface area contributed by atoms with Gasteiger partial charge in [0.25, 0.3) is 11.8 Å². The van der Waals surface area contributed by atoms with Crippen molar-refractivity contribution in [3.05, 3.63) is 33.8 Å². The summed E-state index contributed by atoms with van der Waals surface area (Å²) < 4.78 is 11.9. The van der Waals surface area contributed by atoms with Crippen molar-refractivity contribution in [2.75, 3.05) is 26.3 Å². The summed E-state index contributed by atoms with van der Waals surface area (Å²) in [4.78, 5) is 40.8. The molecule has 1 atom stereocenters. The average molecular weight is 437 g/mol. The Kier molecular flexibility index (Phi) is 5.29. The Morgan fingerprint density at radius 3 is 2.63 bits per heavy atom. The van der Waals surface area contributed by atoms with Crippen LogP contribution in [0.3, 0.4) is 0 Å². The van der Waals surface area contributed by atoms with E-state index in [1.165, 1.54) is 0 Å². The molecule has 3 heterocycles. The number of piperidine rings is 1. The van der Waals surface area contributed by atoms with Gasteiger partial charge in [0.05, 0.1) is 30.4 Å². The summed E-state index contributed by atoms with van der Waals surface area (Å²) in [7, 11) is 0. The largest absolute Gasteiger partial charge is 0.348 e. The monoisotopic (exact) mass is 436 g/mol. The molecule has 144 valence electrons. The molecular weight excluding hydrogens is 416 g/mol. The van der Waals surface area contributed by atoms with Crippen molar-refractivity contribution in [2.45, 2.75) is 38.0 Å². The number of imide groups is 1. The minimum atomic E-state index is -0.370. The summed E-state index contributed by atoms with van der Waals surface area (Å²) in [6.07, 6.45) is 2.56. The van der Waals surface area contributed by atoms with Crippen molar-refractivity contribution in [3.8, 4) is 0 Å². The highest BCUT2D eigenvalue weighted by Crippen LogP contribution is 2.28. The zero-order valence-electron chi connectivity index (χ0n) is 14.9. The zero-order valence-corrected chi connectivity index (χ0v) is 16.4. The summed E-state index contributed by atoms with van der Waals surface area (Å²) in [5, 5.41) is 0. The molecule has 1 unspecified atom stereocenters. The lowest BCUT2D eigenvalue weighted by atomic mass is 10.0. The third-order valence-corrected chi connectivity index (χ3v) is 5.81. The maximum absolute atomic E-state index is 12.8. The second-order valence-corrected chi connectivity index (χ2v) is 7.88. The number of likely N-dealkylation sites (tertiary alicyclic amines) is 1. The molecule has 0 aromatic heterocycles. The van der Waals surface area contributed by atoms with E-state index in [1.807, 2.05) is 0 Å². The van der Waals surface area contributed by atoms with Crippen LogP contribution in [0, 0.1) is 0 Å². The second-order valence-electron chi connectivity index (χ2n) is 6.96. The van der Waals surface area contributed by atoms with Crippen LogP contribution in [0.4, 0.5) is 0 Å². The number of hydrogen-bond donors (Lipinski definition) is 0. The van der Waals surface area contributed by atoms with Crippen LogP contribution in [0.15, 0.2) is 22.7 Å². The highest BCUT2D eigenvalue weighted by molar-refractivity contribution is 9.10. The van der Waals surface area contributed by atoms with E-state index in [2.05, 4.69) is 15.9 Å². The Hall–Kier alpha value is -1.77. The van der Waals surface area contributed by atoms with E-state index in [0.717, 1.165) is 28.6 Å². The lowest BCUT2D eigenvalue weighted by molar-refractivity contribution is -0.150. The summed E-state index contributed by atoms with van der Waals surface area (Å²) in [5.41, 5.74) is 0.768. The first-order chi connectivity index (χ1) is 13.1. The highest BCUT2D eigenvalue weighted by atomic mass is 79.9. The number of nitrogens with zero attached hydrogens (tertiary/aromatic N) is 2. The van der Waals surface area contributed by atoms with E-state index < -0.39 is 0 Å². The van der Waals surface area contributed by atoms with Gasteiger partial charge in [0, 0.05) is 24.0 Å². The molecule has 1 aromatic rings. The fourth-order valence-electron chi connectivity index (χ4n) is 3.97. The van der Waals surface area contributed by atoms with Crippen LogP contribution in [0.5, 0.6) is 0 Å². The lowest BCUT2D eigenvalue weighted by Crippen LogP contribution is -2.50. The summed E-state index contributed by atoms with van der Waals surface area (Å²) >= 11 is 3.32. The molecule has 7 nitrogen and oxygen atoms in total. The third kappa shape index (κ3) is 3.53. The Morgan fingerprint density at radius 1 is 1.11 bits per heavy atom. The summed E-state index contributed by atoms with van der Waals surface area (Å²) in [6, 6.07) is 4.93. The number of ether oxygens (including phenoxy) is 2. The van der Waals surface area contributed by atoms with E-state index in [-0.39, 0.29) is 43.0 Å². The molecule has 27 heavy (non-hydrogen) atoms. The van der Waals surface area contributed by atoms with Crippen LogP contribution in [-0.4, -0.2) is 66.2 Å². The molecule has 8 heteroatoms. The van der Waals surface area contributed by atoms with Gasteiger partial charge >= 0.3 is 0 Å². The van der Waals surface area contributed by atoms with E-state index in [0.29, 0.717) is 30.9 Å². The first kappa shape index (κ1) is 18.6. The highest BCUT2D eigenvalue weighted by Gasteiger charge is 2.38. The molecule has 2 fully saturated rings.